The van der Waals surface area contributed by atoms with Crippen molar-refractivity contribution >= 4 is 16.5 Å². The first kappa shape index (κ1) is 14.3. The lowest BCUT2D eigenvalue weighted by molar-refractivity contribution is 0.0459. The van der Waals surface area contributed by atoms with Gasteiger partial charge >= 0.3 is 0 Å². The van der Waals surface area contributed by atoms with E-state index < -0.39 is 0 Å². The van der Waals surface area contributed by atoms with Crippen molar-refractivity contribution in [1.82, 2.24) is 9.88 Å². The van der Waals surface area contributed by atoms with Crippen molar-refractivity contribution in [3.63, 3.8) is 0 Å². The minimum Gasteiger partial charge on any atom is -0.392 e. The highest BCUT2D eigenvalue weighted by atomic mass is 32.1. The van der Waals surface area contributed by atoms with E-state index >= 15 is 0 Å². The summed E-state index contributed by atoms with van der Waals surface area (Å²) < 4.78 is 0. The molecule has 0 spiro atoms. The number of piperazine rings is 1. The third-order valence-corrected chi connectivity index (χ3v) is 5.53. The van der Waals surface area contributed by atoms with Crippen molar-refractivity contribution in [3.05, 3.63) is 11.6 Å². The Morgan fingerprint density at radius 2 is 1.95 bits per heavy atom. The molecule has 0 amide bonds. The van der Waals surface area contributed by atoms with Crippen LogP contribution in [-0.2, 0) is 0 Å². The van der Waals surface area contributed by atoms with Gasteiger partial charge in [-0.2, -0.15) is 0 Å². The molecule has 1 N–H and O–H groups in total. The molecule has 0 bridgehead atoms. The third kappa shape index (κ3) is 3.51. The summed E-state index contributed by atoms with van der Waals surface area (Å²) in [7, 11) is 0. The first-order valence-electron chi connectivity index (χ1n) is 7.88. The number of β-amino-alcohol motifs (C(OH)–C–C–N with tert-alkyl or cyclic N) is 1. The van der Waals surface area contributed by atoms with Gasteiger partial charge in [0.2, 0.25) is 0 Å². The molecular formula is C15H25N3OS. The zero-order valence-electron chi connectivity index (χ0n) is 12.1. The number of hydrogen-bond acceptors (Lipinski definition) is 5. The predicted molar refractivity (Wildman–Crippen MR) is 83.3 cm³/mol. The molecule has 2 aliphatic rings. The first-order valence-corrected chi connectivity index (χ1v) is 8.76. The Balaban J connectivity index is 1.44. The quantitative estimate of drug-likeness (QED) is 0.924. The first-order chi connectivity index (χ1) is 9.83. The van der Waals surface area contributed by atoms with Gasteiger partial charge in [-0.25, -0.2) is 4.98 Å². The van der Waals surface area contributed by atoms with E-state index in [4.69, 9.17) is 0 Å². The van der Waals surface area contributed by atoms with E-state index in [1.54, 1.807) is 11.3 Å². The fraction of sp³-hybridized carbons (Fsp3) is 0.800. The van der Waals surface area contributed by atoms with Gasteiger partial charge in [0.1, 0.15) is 0 Å². The van der Waals surface area contributed by atoms with Crippen molar-refractivity contribution in [2.45, 2.75) is 38.2 Å². The highest BCUT2D eigenvalue weighted by Gasteiger charge is 2.26. The molecule has 1 aromatic rings. The minimum atomic E-state index is -0.123. The van der Waals surface area contributed by atoms with Crippen LogP contribution in [-0.4, -0.2) is 53.8 Å². The molecule has 5 heteroatoms. The van der Waals surface area contributed by atoms with Crippen LogP contribution in [0.3, 0.4) is 0 Å². The van der Waals surface area contributed by atoms with E-state index in [2.05, 4.69) is 14.8 Å². The van der Waals surface area contributed by atoms with Gasteiger partial charge in [0, 0.05) is 44.3 Å². The number of thiazole rings is 1. The van der Waals surface area contributed by atoms with Crippen LogP contribution in [0.4, 0.5) is 5.13 Å². The Bertz CT molecular complexity index is 384. The second kappa shape index (κ2) is 6.87. The van der Waals surface area contributed by atoms with E-state index in [1.165, 1.54) is 32.1 Å². The van der Waals surface area contributed by atoms with Crippen LogP contribution in [0.2, 0.25) is 0 Å². The zero-order valence-corrected chi connectivity index (χ0v) is 12.9. The zero-order chi connectivity index (χ0) is 13.8. The Morgan fingerprint density at radius 1 is 1.20 bits per heavy atom. The minimum absolute atomic E-state index is 0.123. The van der Waals surface area contributed by atoms with E-state index in [0.29, 0.717) is 5.92 Å². The number of aromatic nitrogens is 1. The summed E-state index contributed by atoms with van der Waals surface area (Å²) >= 11 is 1.71. The molecule has 0 radical (unpaired) electrons. The van der Waals surface area contributed by atoms with Crippen molar-refractivity contribution in [2.75, 3.05) is 37.6 Å². The average molecular weight is 295 g/mol. The van der Waals surface area contributed by atoms with Crippen LogP contribution < -0.4 is 4.90 Å². The SMILES string of the molecule is O[C@@H](CN1CCN(c2nccs2)CC1)C1CCCCC1. The highest BCUT2D eigenvalue weighted by Crippen LogP contribution is 2.27. The summed E-state index contributed by atoms with van der Waals surface area (Å²) in [6, 6.07) is 0. The fourth-order valence-electron chi connectivity index (χ4n) is 3.43. The number of rotatable bonds is 4. The second-order valence-electron chi connectivity index (χ2n) is 6.07. The summed E-state index contributed by atoms with van der Waals surface area (Å²) in [4.78, 5) is 9.15. The fourth-order valence-corrected chi connectivity index (χ4v) is 4.12. The molecule has 2 heterocycles. The topological polar surface area (TPSA) is 39.6 Å². The molecule has 1 aromatic heterocycles. The van der Waals surface area contributed by atoms with Crippen LogP contribution in [0.25, 0.3) is 0 Å². The van der Waals surface area contributed by atoms with Crippen LogP contribution >= 0.6 is 11.3 Å². The van der Waals surface area contributed by atoms with E-state index in [9.17, 15) is 5.11 Å². The van der Waals surface area contributed by atoms with Crippen molar-refractivity contribution in [1.29, 1.82) is 0 Å². The molecule has 2 fully saturated rings. The third-order valence-electron chi connectivity index (χ3n) is 4.70. The maximum Gasteiger partial charge on any atom is 0.185 e. The van der Waals surface area contributed by atoms with Crippen LogP contribution in [0.15, 0.2) is 11.6 Å². The van der Waals surface area contributed by atoms with Gasteiger partial charge in [0.05, 0.1) is 6.10 Å². The number of anilines is 1. The van der Waals surface area contributed by atoms with Crippen LogP contribution in [0, 0.1) is 5.92 Å². The number of aliphatic hydroxyl groups is 1. The molecular weight excluding hydrogens is 270 g/mol. The molecule has 112 valence electrons. The van der Waals surface area contributed by atoms with Gasteiger partial charge in [-0.1, -0.05) is 19.3 Å². The summed E-state index contributed by atoms with van der Waals surface area (Å²) in [5, 5.41) is 13.6. The van der Waals surface area contributed by atoms with Gasteiger partial charge in [-0.05, 0) is 18.8 Å². The Kier molecular flexibility index (Phi) is 4.91. The molecule has 1 saturated carbocycles. The maximum atomic E-state index is 10.4. The van der Waals surface area contributed by atoms with Gasteiger partial charge in [0.25, 0.3) is 0 Å². The van der Waals surface area contributed by atoms with Gasteiger partial charge in [0.15, 0.2) is 5.13 Å². The van der Waals surface area contributed by atoms with Gasteiger partial charge in [-0.3, -0.25) is 4.90 Å². The summed E-state index contributed by atoms with van der Waals surface area (Å²) in [5.74, 6) is 0.542. The van der Waals surface area contributed by atoms with Crippen molar-refractivity contribution in [2.24, 2.45) is 5.92 Å². The van der Waals surface area contributed by atoms with Crippen molar-refractivity contribution < 1.29 is 5.11 Å². The summed E-state index contributed by atoms with van der Waals surface area (Å²) in [6.45, 7) is 5.01. The van der Waals surface area contributed by atoms with Crippen LogP contribution in [0.1, 0.15) is 32.1 Å². The Morgan fingerprint density at radius 3 is 2.60 bits per heavy atom. The Labute approximate surface area is 125 Å². The largest absolute Gasteiger partial charge is 0.392 e. The standard InChI is InChI=1S/C15H25N3OS/c19-14(13-4-2-1-3-5-13)12-17-7-9-18(10-8-17)15-16-6-11-20-15/h6,11,13-14,19H,1-5,7-10,12H2/t14-/m0/s1. The Hall–Kier alpha value is -0.650. The molecule has 1 saturated heterocycles. The van der Waals surface area contributed by atoms with E-state index in [0.717, 1.165) is 37.9 Å². The normalized spacial score (nSPS) is 23.9. The van der Waals surface area contributed by atoms with E-state index in [-0.39, 0.29) is 6.10 Å². The molecule has 1 atom stereocenters. The molecule has 4 nitrogen and oxygen atoms in total. The van der Waals surface area contributed by atoms with E-state index in [1.807, 2.05) is 11.6 Å². The summed E-state index contributed by atoms with van der Waals surface area (Å²) in [6.07, 6.45) is 8.16. The molecule has 20 heavy (non-hydrogen) atoms. The van der Waals surface area contributed by atoms with Gasteiger partial charge < -0.3 is 10.0 Å². The molecule has 0 aromatic carbocycles. The predicted octanol–water partition coefficient (Wildman–Crippen LogP) is 2.21. The lowest BCUT2D eigenvalue weighted by Gasteiger charge is -2.37. The maximum absolute atomic E-state index is 10.4. The molecule has 1 aliphatic carbocycles. The summed E-state index contributed by atoms with van der Waals surface area (Å²) in [5.41, 5.74) is 0. The number of aliphatic hydroxyl groups excluding tert-OH is 1. The second-order valence-corrected chi connectivity index (χ2v) is 6.94. The lowest BCUT2D eigenvalue weighted by atomic mass is 9.85. The lowest BCUT2D eigenvalue weighted by Crippen LogP contribution is -2.49. The number of nitrogens with zero attached hydrogens (tertiary/aromatic N) is 3. The molecule has 0 unspecified atom stereocenters. The van der Waals surface area contributed by atoms with Gasteiger partial charge in [-0.15, -0.1) is 11.3 Å². The smallest absolute Gasteiger partial charge is 0.185 e. The van der Waals surface area contributed by atoms with Crippen LogP contribution in [0.5, 0.6) is 0 Å². The highest BCUT2D eigenvalue weighted by molar-refractivity contribution is 7.13. The monoisotopic (exact) mass is 295 g/mol. The number of hydrogen-bond donors (Lipinski definition) is 1. The molecule has 1 aliphatic heterocycles. The van der Waals surface area contributed by atoms with Crippen molar-refractivity contribution in [3.8, 4) is 0 Å². The average Bonchev–Trinajstić information content (AvgIpc) is 3.03. The molecule has 3 rings (SSSR count).